The van der Waals surface area contributed by atoms with Gasteiger partial charge in [-0.05, 0) is 18.6 Å². The number of hydrogen-bond donors (Lipinski definition) is 1. The zero-order valence-corrected chi connectivity index (χ0v) is 13.5. The van der Waals surface area contributed by atoms with E-state index < -0.39 is 19.9 Å². The minimum absolute atomic E-state index is 0.0720. The van der Waals surface area contributed by atoms with Crippen LogP contribution in [0.3, 0.4) is 0 Å². The molecule has 0 amide bonds. The Morgan fingerprint density at radius 2 is 1.70 bits per heavy atom. The summed E-state index contributed by atoms with van der Waals surface area (Å²) < 4.78 is 47.5. The predicted octanol–water partition coefficient (Wildman–Crippen LogP) is 0.784. The fraction of sp³-hybridized carbons (Fsp3) is 0.500. The minimum Gasteiger partial charge on any atom is -0.384 e. The highest BCUT2D eigenvalue weighted by atomic mass is 32.2. The molecular weight excluding hydrogens is 300 g/mol. The third kappa shape index (κ3) is 4.77. The first-order valence-electron chi connectivity index (χ1n) is 6.08. The molecule has 0 heterocycles. The zero-order valence-electron chi connectivity index (χ0n) is 11.8. The van der Waals surface area contributed by atoms with E-state index >= 15 is 0 Å². The third-order valence-corrected chi connectivity index (χ3v) is 5.56. The minimum atomic E-state index is -3.52. The summed E-state index contributed by atoms with van der Waals surface area (Å²) in [5.74, 6) is 0.0720. The molecule has 0 saturated heterocycles. The van der Waals surface area contributed by atoms with E-state index in [2.05, 4.69) is 5.32 Å². The van der Waals surface area contributed by atoms with Crippen LogP contribution in [0.5, 0.6) is 0 Å². The fourth-order valence-corrected chi connectivity index (χ4v) is 3.32. The average Bonchev–Trinajstić information content (AvgIpc) is 2.33. The number of nitrogens with zero attached hydrogens (tertiary/aromatic N) is 1. The van der Waals surface area contributed by atoms with Gasteiger partial charge >= 0.3 is 0 Å². The number of sulfonamides is 1. The Labute approximate surface area is 120 Å². The van der Waals surface area contributed by atoms with Crippen molar-refractivity contribution in [2.24, 2.45) is 0 Å². The van der Waals surface area contributed by atoms with Crippen molar-refractivity contribution in [3.63, 3.8) is 0 Å². The Morgan fingerprint density at radius 1 is 1.10 bits per heavy atom. The zero-order chi connectivity index (χ0) is 15.4. The molecule has 0 radical (unpaired) electrons. The number of benzene rings is 1. The van der Waals surface area contributed by atoms with Crippen LogP contribution < -0.4 is 5.32 Å². The van der Waals surface area contributed by atoms with E-state index in [1.165, 1.54) is 26.4 Å². The van der Waals surface area contributed by atoms with Crippen LogP contribution in [0.2, 0.25) is 0 Å². The van der Waals surface area contributed by atoms with E-state index in [1.807, 2.05) is 0 Å². The Morgan fingerprint density at radius 3 is 2.25 bits per heavy atom. The lowest BCUT2D eigenvalue weighted by atomic mass is 10.3. The van der Waals surface area contributed by atoms with Gasteiger partial charge in [-0.25, -0.2) is 21.1 Å². The number of anilines is 1. The molecule has 0 aromatic heterocycles. The fourth-order valence-electron chi connectivity index (χ4n) is 1.59. The van der Waals surface area contributed by atoms with Gasteiger partial charge in [0.2, 0.25) is 10.0 Å². The molecule has 6 nitrogen and oxygen atoms in total. The van der Waals surface area contributed by atoms with Crippen molar-refractivity contribution in [2.45, 2.75) is 11.3 Å². The number of rotatable bonds is 7. The van der Waals surface area contributed by atoms with Crippen molar-refractivity contribution >= 4 is 25.5 Å². The second-order valence-electron chi connectivity index (χ2n) is 4.69. The van der Waals surface area contributed by atoms with Crippen LogP contribution in [-0.2, 0) is 19.9 Å². The van der Waals surface area contributed by atoms with Gasteiger partial charge in [0, 0.05) is 26.9 Å². The lowest BCUT2D eigenvalue weighted by molar-refractivity contribution is 0.521. The standard InChI is InChI=1S/C12H20N2O4S2/c1-14(2)20(17,18)12-8-5-4-7-11(12)13-9-6-10-19(3,15)16/h4-5,7-8,13H,6,9-10H2,1-3H3. The molecule has 0 aliphatic carbocycles. The Kier molecular flexibility index (Phi) is 5.55. The van der Waals surface area contributed by atoms with Crippen molar-refractivity contribution < 1.29 is 16.8 Å². The van der Waals surface area contributed by atoms with E-state index in [9.17, 15) is 16.8 Å². The highest BCUT2D eigenvalue weighted by Crippen LogP contribution is 2.22. The topological polar surface area (TPSA) is 83.6 Å². The van der Waals surface area contributed by atoms with Gasteiger partial charge in [-0.2, -0.15) is 0 Å². The van der Waals surface area contributed by atoms with Crippen LogP contribution in [0, 0.1) is 0 Å². The summed E-state index contributed by atoms with van der Waals surface area (Å²) in [6.45, 7) is 0.396. The molecule has 0 aliphatic rings. The van der Waals surface area contributed by atoms with E-state index in [0.717, 1.165) is 4.31 Å². The lowest BCUT2D eigenvalue weighted by Crippen LogP contribution is -2.23. The molecule has 20 heavy (non-hydrogen) atoms. The number of para-hydroxylation sites is 1. The molecule has 114 valence electrons. The molecule has 0 spiro atoms. The lowest BCUT2D eigenvalue weighted by Gasteiger charge is -2.16. The summed E-state index contributed by atoms with van der Waals surface area (Å²) in [6, 6.07) is 6.57. The summed E-state index contributed by atoms with van der Waals surface area (Å²) in [4.78, 5) is 0.185. The van der Waals surface area contributed by atoms with Gasteiger partial charge < -0.3 is 5.32 Å². The second-order valence-corrected chi connectivity index (χ2v) is 9.07. The summed E-state index contributed by atoms with van der Waals surface area (Å²) in [5.41, 5.74) is 0.481. The Hall–Kier alpha value is -1.12. The van der Waals surface area contributed by atoms with Crippen LogP contribution in [0.15, 0.2) is 29.2 Å². The highest BCUT2D eigenvalue weighted by molar-refractivity contribution is 7.90. The Balaban J connectivity index is 2.82. The second kappa shape index (κ2) is 6.55. The number of nitrogens with one attached hydrogen (secondary N) is 1. The van der Waals surface area contributed by atoms with E-state index in [4.69, 9.17) is 0 Å². The first-order chi connectivity index (χ1) is 9.14. The van der Waals surface area contributed by atoms with Gasteiger partial charge in [-0.3, -0.25) is 0 Å². The molecular formula is C12H20N2O4S2. The van der Waals surface area contributed by atoms with Crippen LogP contribution in [0.4, 0.5) is 5.69 Å². The van der Waals surface area contributed by atoms with Crippen LogP contribution >= 0.6 is 0 Å². The van der Waals surface area contributed by atoms with Gasteiger partial charge in [-0.1, -0.05) is 12.1 Å². The van der Waals surface area contributed by atoms with Crippen molar-refractivity contribution in [3.8, 4) is 0 Å². The average molecular weight is 320 g/mol. The molecule has 1 aromatic carbocycles. The third-order valence-electron chi connectivity index (χ3n) is 2.65. The van der Waals surface area contributed by atoms with Crippen molar-refractivity contribution in [2.75, 3.05) is 38.0 Å². The largest absolute Gasteiger partial charge is 0.384 e. The summed E-state index contributed by atoms with van der Waals surface area (Å²) in [5, 5.41) is 2.98. The highest BCUT2D eigenvalue weighted by Gasteiger charge is 2.20. The summed E-state index contributed by atoms with van der Waals surface area (Å²) in [6.07, 6.45) is 1.60. The predicted molar refractivity (Wildman–Crippen MR) is 80.1 cm³/mol. The van der Waals surface area contributed by atoms with Crippen molar-refractivity contribution in [1.82, 2.24) is 4.31 Å². The molecule has 0 saturated carbocycles. The number of hydrogen-bond acceptors (Lipinski definition) is 5. The molecule has 0 unspecified atom stereocenters. The van der Waals surface area contributed by atoms with E-state index in [1.54, 1.807) is 18.2 Å². The maximum Gasteiger partial charge on any atom is 0.244 e. The molecule has 0 aliphatic heterocycles. The molecule has 0 atom stereocenters. The van der Waals surface area contributed by atoms with Gasteiger partial charge in [0.05, 0.1) is 11.4 Å². The van der Waals surface area contributed by atoms with Crippen LogP contribution in [-0.4, -0.2) is 53.8 Å². The van der Waals surface area contributed by atoms with Gasteiger partial charge in [-0.15, -0.1) is 0 Å². The SMILES string of the molecule is CN(C)S(=O)(=O)c1ccccc1NCCCS(C)(=O)=O. The Bertz CT molecular complexity index is 652. The first kappa shape index (κ1) is 16.9. The van der Waals surface area contributed by atoms with Crippen LogP contribution in [0.25, 0.3) is 0 Å². The monoisotopic (exact) mass is 320 g/mol. The molecule has 1 aromatic rings. The summed E-state index contributed by atoms with van der Waals surface area (Å²) >= 11 is 0. The normalized spacial score (nSPS) is 12.6. The first-order valence-corrected chi connectivity index (χ1v) is 9.58. The van der Waals surface area contributed by atoms with Crippen molar-refractivity contribution in [1.29, 1.82) is 0 Å². The quantitative estimate of drug-likeness (QED) is 0.751. The van der Waals surface area contributed by atoms with Crippen LogP contribution in [0.1, 0.15) is 6.42 Å². The smallest absolute Gasteiger partial charge is 0.244 e. The molecule has 1 rings (SSSR count). The molecule has 0 bridgehead atoms. The van der Waals surface area contributed by atoms with E-state index in [-0.39, 0.29) is 10.6 Å². The maximum absolute atomic E-state index is 12.1. The number of sulfone groups is 1. The van der Waals surface area contributed by atoms with Gasteiger partial charge in [0.15, 0.2) is 0 Å². The summed E-state index contributed by atoms with van der Waals surface area (Å²) in [7, 11) is -3.58. The van der Waals surface area contributed by atoms with Gasteiger partial charge in [0.25, 0.3) is 0 Å². The molecule has 0 fully saturated rings. The maximum atomic E-state index is 12.1. The van der Waals surface area contributed by atoms with E-state index in [0.29, 0.717) is 18.7 Å². The van der Waals surface area contributed by atoms with Crippen molar-refractivity contribution in [3.05, 3.63) is 24.3 Å². The molecule has 8 heteroatoms. The molecule has 1 N–H and O–H groups in total. The van der Waals surface area contributed by atoms with Gasteiger partial charge in [0.1, 0.15) is 14.7 Å².